The molecule has 0 amide bonds. The summed E-state index contributed by atoms with van der Waals surface area (Å²) in [6.45, 7) is 4.02. The molecule has 22 heavy (non-hydrogen) atoms. The normalized spacial score (nSPS) is 19.4. The van der Waals surface area contributed by atoms with E-state index in [0.717, 1.165) is 17.8 Å². The third kappa shape index (κ3) is 3.11. The van der Waals surface area contributed by atoms with Crippen molar-refractivity contribution in [3.05, 3.63) is 83.1 Å². The Kier molecular flexibility index (Phi) is 4.10. The van der Waals surface area contributed by atoms with Crippen LogP contribution in [0.4, 0.5) is 0 Å². The van der Waals surface area contributed by atoms with E-state index < -0.39 is 0 Å². The number of rotatable bonds is 4. The highest BCUT2D eigenvalue weighted by Gasteiger charge is 2.43. The van der Waals surface area contributed by atoms with Crippen LogP contribution < -0.4 is 0 Å². The van der Waals surface area contributed by atoms with Gasteiger partial charge in [0.25, 0.3) is 0 Å². The first-order valence-electron chi connectivity index (χ1n) is 7.66. The molecule has 2 aromatic carbocycles. The van der Waals surface area contributed by atoms with E-state index in [-0.39, 0.29) is 5.97 Å². The Morgan fingerprint density at radius 1 is 0.955 bits per heavy atom. The molecule has 0 unspecified atom stereocenters. The minimum atomic E-state index is -0.268. The molecule has 1 aliphatic carbocycles. The van der Waals surface area contributed by atoms with Gasteiger partial charge in [0.15, 0.2) is 0 Å². The minimum Gasteiger partial charge on any atom is -0.427 e. The van der Waals surface area contributed by atoms with Crippen molar-refractivity contribution in [1.29, 1.82) is 0 Å². The summed E-state index contributed by atoms with van der Waals surface area (Å²) in [4.78, 5) is 12.3. The molecule has 0 bridgehead atoms. The Labute approximate surface area is 131 Å². The number of ether oxygens (including phenoxy) is 1. The lowest BCUT2D eigenvalue weighted by Crippen LogP contribution is -2.08. The summed E-state index contributed by atoms with van der Waals surface area (Å²) < 4.78 is 5.71. The molecule has 0 spiro atoms. The van der Waals surface area contributed by atoms with Gasteiger partial charge in [-0.15, -0.1) is 0 Å². The zero-order valence-corrected chi connectivity index (χ0v) is 13.0. The van der Waals surface area contributed by atoms with Gasteiger partial charge in [-0.05, 0) is 49.5 Å². The number of allylic oxidation sites excluding steroid dienone is 2. The summed E-state index contributed by atoms with van der Waals surface area (Å²) in [5.74, 6) is 1.35. The van der Waals surface area contributed by atoms with Crippen molar-refractivity contribution in [2.75, 3.05) is 0 Å². The van der Waals surface area contributed by atoms with Crippen LogP contribution in [0.3, 0.4) is 0 Å². The maximum absolute atomic E-state index is 12.3. The third-order valence-electron chi connectivity index (χ3n) is 4.06. The molecule has 0 heterocycles. The average Bonchev–Trinajstić information content (AvgIpc) is 3.34. The largest absolute Gasteiger partial charge is 0.427 e. The van der Waals surface area contributed by atoms with Crippen LogP contribution in [0.5, 0.6) is 0 Å². The molecule has 0 radical (unpaired) electrons. The van der Waals surface area contributed by atoms with Crippen LogP contribution in [-0.4, -0.2) is 5.97 Å². The SMILES string of the molecule is CC(C)=C(OC(=O)c1ccccc1)[C@H]1C[C@H]1c1ccccc1. The summed E-state index contributed by atoms with van der Waals surface area (Å²) in [7, 11) is 0. The van der Waals surface area contributed by atoms with E-state index in [1.807, 2.05) is 38.1 Å². The fourth-order valence-corrected chi connectivity index (χ4v) is 2.83. The molecule has 1 aliphatic rings. The lowest BCUT2D eigenvalue weighted by Gasteiger charge is -2.11. The second kappa shape index (κ2) is 6.18. The molecular formula is C20H20O2. The standard InChI is InChI=1S/C20H20O2/c1-14(2)19(22-20(21)16-11-7-4-8-12-16)18-13-17(18)15-9-5-3-6-10-15/h3-12,17-18H,13H2,1-2H3/t17-,18-/m0/s1. The predicted octanol–water partition coefficient (Wildman–Crippen LogP) is 4.94. The molecule has 2 aromatic rings. The predicted molar refractivity (Wildman–Crippen MR) is 87.5 cm³/mol. The van der Waals surface area contributed by atoms with E-state index in [9.17, 15) is 4.79 Å². The van der Waals surface area contributed by atoms with Crippen LogP contribution in [0.25, 0.3) is 0 Å². The number of hydrogen-bond donors (Lipinski definition) is 0. The van der Waals surface area contributed by atoms with Gasteiger partial charge in [0.2, 0.25) is 0 Å². The van der Waals surface area contributed by atoms with E-state index >= 15 is 0 Å². The van der Waals surface area contributed by atoms with Gasteiger partial charge < -0.3 is 4.74 Å². The van der Waals surface area contributed by atoms with E-state index in [1.54, 1.807) is 12.1 Å². The van der Waals surface area contributed by atoms with Gasteiger partial charge in [-0.25, -0.2) is 4.79 Å². The van der Waals surface area contributed by atoms with Crippen molar-refractivity contribution in [1.82, 2.24) is 0 Å². The van der Waals surface area contributed by atoms with Gasteiger partial charge >= 0.3 is 5.97 Å². The van der Waals surface area contributed by atoms with Crippen LogP contribution in [0.1, 0.15) is 42.1 Å². The van der Waals surface area contributed by atoms with Crippen LogP contribution in [0.15, 0.2) is 72.0 Å². The molecule has 1 saturated carbocycles. The summed E-state index contributed by atoms with van der Waals surface area (Å²) in [6, 6.07) is 19.6. The second-order valence-electron chi connectivity index (χ2n) is 5.98. The topological polar surface area (TPSA) is 26.3 Å². The summed E-state index contributed by atoms with van der Waals surface area (Å²) >= 11 is 0. The van der Waals surface area contributed by atoms with Crippen LogP contribution in [0.2, 0.25) is 0 Å². The summed E-state index contributed by atoms with van der Waals surface area (Å²) in [5, 5.41) is 0. The zero-order valence-electron chi connectivity index (χ0n) is 13.0. The van der Waals surface area contributed by atoms with Crippen molar-refractivity contribution in [2.45, 2.75) is 26.2 Å². The zero-order chi connectivity index (χ0) is 15.5. The maximum Gasteiger partial charge on any atom is 0.343 e. The van der Waals surface area contributed by atoms with Gasteiger partial charge in [-0.3, -0.25) is 0 Å². The monoisotopic (exact) mass is 292 g/mol. The van der Waals surface area contributed by atoms with Crippen LogP contribution in [0, 0.1) is 5.92 Å². The molecule has 1 fully saturated rings. The fourth-order valence-electron chi connectivity index (χ4n) is 2.83. The van der Waals surface area contributed by atoms with Gasteiger partial charge in [0, 0.05) is 5.92 Å². The molecule has 0 aromatic heterocycles. The Balaban J connectivity index is 1.74. The Hall–Kier alpha value is -2.35. The highest BCUT2D eigenvalue weighted by atomic mass is 16.5. The van der Waals surface area contributed by atoms with E-state index in [2.05, 4.69) is 24.3 Å². The number of hydrogen-bond acceptors (Lipinski definition) is 2. The summed E-state index contributed by atoms with van der Waals surface area (Å²) in [6.07, 6.45) is 1.05. The first kappa shape index (κ1) is 14.6. The highest BCUT2D eigenvalue weighted by molar-refractivity contribution is 5.90. The number of carbonyl (C=O) groups excluding carboxylic acids is 1. The molecule has 2 atom stereocenters. The molecular weight excluding hydrogens is 272 g/mol. The van der Waals surface area contributed by atoms with Crippen molar-refractivity contribution >= 4 is 5.97 Å². The number of carbonyl (C=O) groups is 1. The van der Waals surface area contributed by atoms with Crippen molar-refractivity contribution in [2.24, 2.45) is 5.92 Å². The Bertz CT molecular complexity index is 682. The van der Waals surface area contributed by atoms with Gasteiger partial charge in [0.05, 0.1) is 5.56 Å². The van der Waals surface area contributed by atoms with E-state index in [1.165, 1.54) is 5.56 Å². The Morgan fingerprint density at radius 2 is 1.55 bits per heavy atom. The molecule has 3 rings (SSSR count). The lowest BCUT2D eigenvalue weighted by molar-refractivity contribution is 0.0602. The minimum absolute atomic E-state index is 0.268. The summed E-state index contributed by atoms with van der Waals surface area (Å²) in [5.41, 5.74) is 2.99. The quantitative estimate of drug-likeness (QED) is 0.589. The first-order valence-corrected chi connectivity index (χ1v) is 7.66. The van der Waals surface area contributed by atoms with E-state index in [0.29, 0.717) is 17.4 Å². The Morgan fingerprint density at radius 3 is 2.14 bits per heavy atom. The smallest absolute Gasteiger partial charge is 0.343 e. The molecule has 0 aliphatic heterocycles. The van der Waals surface area contributed by atoms with Crippen LogP contribution in [-0.2, 0) is 4.74 Å². The van der Waals surface area contributed by atoms with E-state index in [4.69, 9.17) is 4.74 Å². The average molecular weight is 292 g/mol. The maximum atomic E-state index is 12.3. The second-order valence-corrected chi connectivity index (χ2v) is 5.98. The van der Waals surface area contributed by atoms with Crippen molar-refractivity contribution < 1.29 is 9.53 Å². The molecule has 0 saturated heterocycles. The molecule has 2 heteroatoms. The third-order valence-corrected chi connectivity index (χ3v) is 4.06. The lowest BCUT2D eigenvalue weighted by atomic mass is 10.1. The van der Waals surface area contributed by atoms with Crippen LogP contribution >= 0.6 is 0 Å². The van der Waals surface area contributed by atoms with Gasteiger partial charge in [-0.2, -0.15) is 0 Å². The van der Waals surface area contributed by atoms with Crippen molar-refractivity contribution in [3.8, 4) is 0 Å². The highest BCUT2D eigenvalue weighted by Crippen LogP contribution is 2.52. The fraction of sp³-hybridized carbons (Fsp3) is 0.250. The molecule has 112 valence electrons. The van der Waals surface area contributed by atoms with Gasteiger partial charge in [-0.1, -0.05) is 48.5 Å². The first-order chi connectivity index (χ1) is 10.7. The van der Waals surface area contributed by atoms with Crippen molar-refractivity contribution in [3.63, 3.8) is 0 Å². The van der Waals surface area contributed by atoms with Gasteiger partial charge in [0.1, 0.15) is 5.76 Å². The number of esters is 1. The molecule has 2 nitrogen and oxygen atoms in total. The number of benzene rings is 2. The molecule has 0 N–H and O–H groups in total.